The third kappa shape index (κ3) is 9.62. The number of rotatable bonds is 13. The van der Waals surface area contributed by atoms with Gasteiger partial charge in [0.2, 0.25) is 5.91 Å². The minimum absolute atomic E-state index is 0.126. The molecule has 0 aliphatic carbocycles. The van der Waals surface area contributed by atoms with Crippen LogP contribution in [0, 0.1) is 0 Å². The second-order valence-corrected chi connectivity index (χ2v) is 6.62. The highest BCUT2D eigenvalue weighted by Gasteiger charge is 2.11. The van der Waals surface area contributed by atoms with Crippen LogP contribution in [0.15, 0.2) is 24.3 Å². The molecule has 0 bridgehead atoms. The highest BCUT2D eigenvalue weighted by atomic mass is 32.2. The predicted octanol–water partition coefficient (Wildman–Crippen LogP) is 0.937. The van der Waals surface area contributed by atoms with E-state index in [4.69, 9.17) is 20.3 Å². The predicted molar refractivity (Wildman–Crippen MR) is 101 cm³/mol. The van der Waals surface area contributed by atoms with Crippen LogP contribution in [0.25, 0.3) is 0 Å². The summed E-state index contributed by atoms with van der Waals surface area (Å²) in [5.74, 6) is 0.129. The van der Waals surface area contributed by atoms with Gasteiger partial charge in [-0.15, -0.1) is 0 Å². The van der Waals surface area contributed by atoms with Crippen LogP contribution in [-0.2, 0) is 14.3 Å². The first-order chi connectivity index (χ1) is 12.4. The van der Waals surface area contributed by atoms with Crippen molar-refractivity contribution in [2.24, 2.45) is 5.73 Å². The van der Waals surface area contributed by atoms with Gasteiger partial charge in [-0.25, -0.2) is 0 Å². The number of nitrogens with two attached hydrogens (primary N) is 1. The highest BCUT2D eigenvalue weighted by molar-refractivity contribution is 7.99. The molecule has 5 N–H and O–H groups in total. The van der Waals surface area contributed by atoms with Gasteiger partial charge in [-0.05, 0) is 31.2 Å². The summed E-state index contributed by atoms with van der Waals surface area (Å²) < 4.78 is 10.5. The normalized spacial score (nSPS) is 13.0. The molecule has 0 saturated heterocycles. The van der Waals surface area contributed by atoms with E-state index in [0.717, 1.165) is 0 Å². The van der Waals surface area contributed by atoms with Crippen molar-refractivity contribution in [3.8, 4) is 5.75 Å². The average molecular weight is 386 g/mol. The number of hydrogen-bond acceptors (Lipinski definition) is 7. The molecule has 8 nitrogen and oxygen atoms in total. The van der Waals surface area contributed by atoms with Gasteiger partial charge in [-0.1, -0.05) is 0 Å². The van der Waals surface area contributed by atoms with Crippen LogP contribution in [0.4, 0.5) is 5.69 Å². The lowest BCUT2D eigenvalue weighted by Crippen LogP contribution is -2.32. The van der Waals surface area contributed by atoms with Gasteiger partial charge in [0.05, 0.1) is 6.61 Å². The maximum absolute atomic E-state index is 11.8. The summed E-state index contributed by atoms with van der Waals surface area (Å²) in [5.41, 5.74) is 6.01. The molecule has 0 aliphatic heterocycles. The van der Waals surface area contributed by atoms with E-state index in [-0.39, 0.29) is 31.3 Å². The molecule has 0 saturated carbocycles. The minimum atomic E-state index is -1.05. The molecular formula is C17H26N2O6S. The molecule has 1 unspecified atom stereocenters. The van der Waals surface area contributed by atoms with Crippen molar-refractivity contribution in [2.45, 2.75) is 25.5 Å². The number of nitrogens with one attached hydrogen (secondary N) is 1. The quantitative estimate of drug-likeness (QED) is 0.368. The van der Waals surface area contributed by atoms with Gasteiger partial charge in [-0.2, -0.15) is 11.8 Å². The Balaban J connectivity index is 2.26. The molecule has 146 valence electrons. The number of carbonyl (C=O) groups excluding carboxylic acids is 1. The fourth-order valence-corrected chi connectivity index (χ4v) is 2.69. The Morgan fingerprint density at radius 3 is 2.58 bits per heavy atom. The van der Waals surface area contributed by atoms with Gasteiger partial charge in [0.25, 0.3) is 0 Å². The first-order valence-corrected chi connectivity index (χ1v) is 9.42. The smallest absolute Gasteiger partial charge is 0.321 e. The van der Waals surface area contributed by atoms with Gasteiger partial charge in [-0.3, -0.25) is 9.59 Å². The minimum Gasteiger partial charge on any atom is -0.491 e. The largest absolute Gasteiger partial charge is 0.491 e. The lowest BCUT2D eigenvalue weighted by Gasteiger charge is -2.12. The van der Waals surface area contributed by atoms with Gasteiger partial charge >= 0.3 is 5.97 Å². The van der Waals surface area contributed by atoms with E-state index in [9.17, 15) is 14.7 Å². The molecule has 1 aromatic carbocycles. The van der Waals surface area contributed by atoms with Crippen molar-refractivity contribution in [3.63, 3.8) is 0 Å². The van der Waals surface area contributed by atoms with Gasteiger partial charge < -0.3 is 30.7 Å². The SMILES string of the molecule is CCOCC(O)COc1ccc(NC(=O)CCSC[C@H](N)C(=O)O)cc1. The average Bonchev–Trinajstić information content (AvgIpc) is 2.62. The first-order valence-electron chi connectivity index (χ1n) is 8.27. The van der Waals surface area contributed by atoms with Gasteiger partial charge in [0, 0.05) is 30.2 Å². The molecule has 26 heavy (non-hydrogen) atoms. The van der Waals surface area contributed by atoms with Crippen LogP contribution in [0.2, 0.25) is 0 Å². The summed E-state index contributed by atoms with van der Waals surface area (Å²) in [5, 5.41) is 21.0. The molecular weight excluding hydrogens is 360 g/mol. The lowest BCUT2D eigenvalue weighted by molar-refractivity contribution is -0.137. The van der Waals surface area contributed by atoms with Crippen LogP contribution in [0.3, 0.4) is 0 Å². The summed E-state index contributed by atoms with van der Waals surface area (Å²) >= 11 is 1.33. The number of ether oxygens (including phenoxy) is 2. The van der Waals surface area contributed by atoms with Crippen molar-refractivity contribution in [2.75, 3.05) is 36.6 Å². The van der Waals surface area contributed by atoms with Gasteiger partial charge in [0.15, 0.2) is 0 Å². The zero-order chi connectivity index (χ0) is 19.4. The van der Waals surface area contributed by atoms with E-state index in [1.807, 2.05) is 6.92 Å². The molecule has 0 aliphatic rings. The second-order valence-electron chi connectivity index (χ2n) is 5.47. The van der Waals surface area contributed by atoms with E-state index in [1.54, 1.807) is 24.3 Å². The van der Waals surface area contributed by atoms with Crippen LogP contribution in [0.5, 0.6) is 5.75 Å². The van der Waals surface area contributed by atoms with Crippen LogP contribution < -0.4 is 15.8 Å². The lowest BCUT2D eigenvalue weighted by atomic mass is 10.3. The second kappa shape index (κ2) is 12.5. The van der Waals surface area contributed by atoms with E-state index in [0.29, 0.717) is 23.8 Å². The molecule has 1 aromatic rings. The Bertz CT molecular complexity index is 555. The molecule has 0 radical (unpaired) electrons. The zero-order valence-corrected chi connectivity index (χ0v) is 15.5. The van der Waals surface area contributed by atoms with Crippen molar-refractivity contribution < 1.29 is 29.3 Å². The number of hydrogen-bond donors (Lipinski definition) is 4. The van der Waals surface area contributed by atoms with Crippen LogP contribution in [-0.4, -0.2) is 65.6 Å². The summed E-state index contributed by atoms with van der Waals surface area (Å²) in [6.07, 6.45) is -0.431. The molecule has 0 fully saturated rings. The monoisotopic (exact) mass is 386 g/mol. The number of carboxylic acids is 1. The van der Waals surface area contributed by atoms with Crippen molar-refractivity contribution in [1.82, 2.24) is 0 Å². The van der Waals surface area contributed by atoms with Crippen molar-refractivity contribution in [1.29, 1.82) is 0 Å². The standard InChI is InChI=1S/C17H26N2O6S/c1-2-24-9-13(20)10-25-14-5-3-12(4-6-14)19-16(21)7-8-26-11-15(18)17(22)23/h3-6,13,15,20H,2,7-11,18H2,1H3,(H,19,21)(H,22,23)/t13?,15-/m0/s1. The van der Waals surface area contributed by atoms with Crippen molar-refractivity contribution >= 4 is 29.3 Å². The molecule has 1 amide bonds. The number of carboxylic acid groups (broad SMARTS) is 1. The Kier molecular flexibility index (Phi) is 10.7. The van der Waals surface area contributed by atoms with E-state index in [1.165, 1.54) is 11.8 Å². The van der Waals surface area contributed by atoms with Gasteiger partial charge in [0.1, 0.15) is 24.5 Å². The number of benzene rings is 1. The Labute approximate surface area is 157 Å². The summed E-state index contributed by atoms with van der Waals surface area (Å²) in [4.78, 5) is 22.4. The van der Waals surface area contributed by atoms with E-state index < -0.39 is 18.1 Å². The fourth-order valence-electron chi connectivity index (χ4n) is 1.80. The number of aliphatic hydroxyl groups is 1. The number of aliphatic hydroxyl groups excluding tert-OH is 1. The summed E-state index contributed by atoms with van der Waals surface area (Å²) in [6, 6.07) is 5.89. The topological polar surface area (TPSA) is 131 Å². The third-order valence-electron chi connectivity index (χ3n) is 3.18. The molecule has 1 rings (SSSR count). The molecule has 0 aromatic heterocycles. The molecule has 9 heteroatoms. The van der Waals surface area contributed by atoms with Crippen molar-refractivity contribution in [3.05, 3.63) is 24.3 Å². The Morgan fingerprint density at radius 2 is 1.96 bits per heavy atom. The fraction of sp³-hybridized carbons (Fsp3) is 0.529. The number of aliphatic carboxylic acids is 1. The van der Waals surface area contributed by atoms with E-state index in [2.05, 4.69) is 5.32 Å². The Hall–Kier alpha value is -1.81. The third-order valence-corrected chi connectivity index (χ3v) is 4.27. The Morgan fingerprint density at radius 1 is 1.27 bits per heavy atom. The zero-order valence-electron chi connectivity index (χ0n) is 14.7. The number of anilines is 1. The molecule has 0 spiro atoms. The molecule has 2 atom stereocenters. The van der Waals surface area contributed by atoms with E-state index >= 15 is 0 Å². The maximum Gasteiger partial charge on any atom is 0.321 e. The first kappa shape index (κ1) is 22.2. The number of amides is 1. The number of carbonyl (C=O) groups is 2. The summed E-state index contributed by atoms with van der Waals surface area (Å²) in [7, 11) is 0. The highest BCUT2D eigenvalue weighted by Crippen LogP contribution is 2.16. The van der Waals surface area contributed by atoms with Crippen LogP contribution >= 0.6 is 11.8 Å². The van der Waals surface area contributed by atoms with Crippen LogP contribution in [0.1, 0.15) is 13.3 Å². The summed E-state index contributed by atoms with van der Waals surface area (Å²) in [6.45, 7) is 2.74. The number of thioether (sulfide) groups is 1. The maximum atomic E-state index is 11.8. The molecule has 0 heterocycles.